The van der Waals surface area contributed by atoms with Crippen molar-refractivity contribution in [1.82, 2.24) is 9.78 Å². The molecule has 0 bridgehead atoms. The van der Waals surface area contributed by atoms with Gasteiger partial charge in [-0.25, -0.2) is 0 Å². The molecule has 0 amide bonds. The summed E-state index contributed by atoms with van der Waals surface area (Å²) in [6, 6.07) is 0. The Balaban J connectivity index is 2.30. The topological polar surface area (TPSA) is 17.8 Å². The molecule has 1 saturated carbocycles. The Bertz CT molecular complexity index is 446. The number of rotatable bonds is 6. The number of aryl methyl sites for hydroxylation is 2. The Morgan fingerprint density at radius 2 is 1.85 bits per heavy atom. The molecule has 1 fully saturated rings. The lowest BCUT2D eigenvalue weighted by molar-refractivity contribution is 0.228. The number of hydrogen-bond donors (Lipinski definition) is 0. The standard InChI is InChI=1S/C15H23Br3N2/c1-3-12-14(18)13(20(2)19-12)8-15(9-16,10-17)11-6-4-5-7-11/h11H,3-10H2,1-2H3. The quantitative estimate of drug-likeness (QED) is 0.519. The van der Waals surface area contributed by atoms with Crippen molar-refractivity contribution in [2.24, 2.45) is 18.4 Å². The van der Waals surface area contributed by atoms with Crippen molar-refractivity contribution in [3.63, 3.8) is 0 Å². The Morgan fingerprint density at radius 3 is 2.30 bits per heavy atom. The average Bonchev–Trinajstić information content (AvgIpc) is 3.08. The lowest BCUT2D eigenvalue weighted by atomic mass is 9.74. The Morgan fingerprint density at radius 1 is 1.25 bits per heavy atom. The minimum absolute atomic E-state index is 0.303. The second kappa shape index (κ2) is 7.28. The molecule has 1 aromatic heterocycles. The molecule has 0 saturated heterocycles. The van der Waals surface area contributed by atoms with Crippen molar-refractivity contribution in [2.45, 2.75) is 45.4 Å². The maximum absolute atomic E-state index is 4.65. The number of nitrogens with zero attached hydrogens (tertiary/aromatic N) is 2. The predicted molar refractivity (Wildman–Crippen MR) is 96.0 cm³/mol. The van der Waals surface area contributed by atoms with Gasteiger partial charge in [-0.15, -0.1) is 0 Å². The highest BCUT2D eigenvalue weighted by Gasteiger charge is 2.40. The van der Waals surface area contributed by atoms with Gasteiger partial charge in [0.2, 0.25) is 0 Å². The Labute approximate surface area is 147 Å². The average molecular weight is 471 g/mol. The van der Waals surface area contributed by atoms with E-state index in [1.165, 1.54) is 41.5 Å². The van der Waals surface area contributed by atoms with Crippen LogP contribution in [0.4, 0.5) is 0 Å². The number of hydrogen-bond acceptors (Lipinski definition) is 1. The molecular formula is C15H23Br3N2. The largest absolute Gasteiger partial charge is 0.271 e. The molecule has 0 unspecified atom stereocenters. The fraction of sp³-hybridized carbons (Fsp3) is 0.800. The molecule has 1 heterocycles. The molecule has 0 N–H and O–H groups in total. The van der Waals surface area contributed by atoms with Gasteiger partial charge in [-0.05, 0) is 52.9 Å². The normalized spacial score (nSPS) is 17.1. The van der Waals surface area contributed by atoms with Gasteiger partial charge in [0.05, 0.1) is 15.9 Å². The molecule has 0 aromatic carbocycles. The molecule has 1 aromatic rings. The van der Waals surface area contributed by atoms with Crippen LogP contribution in [0.15, 0.2) is 4.47 Å². The SMILES string of the molecule is CCc1nn(C)c(CC(CBr)(CBr)C2CCCC2)c1Br. The van der Waals surface area contributed by atoms with Gasteiger partial charge in [0.1, 0.15) is 0 Å². The van der Waals surface area contributed by atoms with E-state index < -0.39 is 0 Å². The van der Waals surface area contributed by atoms with E-state index in [2.05, 4.69) is 71.5 Å². The van der Waals surface area contributed by atoms with E-state index in [-0.39, 0.29) is 0 Å². The lowest BCUT2D eigenvalue weighted by Gasteiger charge is -2.36. The van der Waals surface area contributed by atoms with Crippen LogP contribution in [0.3, 0.4) is 0 Å². The molecule has 0 radical (unpaired) electrons. The van der Waals surface area contributed by atoms with Gasteiger partial charge < -0.3 is 0 Å². The molecule has 2 rings (SSSR count). The van der Waals surface area contributed by atoms with Crippen LogP contribution in [0.1, 0.15) is 44.0 Å². The molecule has 0 aliphatic heterocycles. The second-order valence-corrected chi connectivity index (χ2v) is 7.89. The summed E-state index contributed by atoms with van der Waals surface area (Å²) in [4.78, 5) is 0. The summed E-state index contributed by atoms with van der Waals surface area (Å²) in [5, 5.41) is 6.75. The number of alkyl halides is 2. The highest BCUT2D eigenvalue weighted by molar-refractivity contribution is 9.10. The first-order valence-corrected chi connectivity index (χ1v) is 10.4. The highest BCUT2D eigenvalue weighted by atomic mass is 79.9. The van der Waals surface area contributed by atoms with Crippen LogP contribution >= 0.6 is 47.8 Å². The van der Waals surface area contributed by atoms with E-state index >= 15 is 0 Å². The summed E-state index contributed by atoms with van der Waals surface area (Å²) in [6.07, 6.45) is 7.57. The van der Waals surface area contributed by atoms with Crippen LogP contribution < -0.4 is 0 Å². The fourth-order valence-electron chi connectivity index (χ4n) is 3.38. The van der Waals surface area contributed by atoms with Crippen LogP contribution in [0.2, 0.25) is 0 Å². The van der Waals surface area contributed by atoms with Crippen molar-refractivity contribution < 1.29 is 0 Å². The van der Waals surface area contributed by atoms with Crippen molar-refractivity contribution in [2.75, 3.05) is 10.7 Å². The van der Waals surface area contributed by atoms with Crippen molar-refractivity contribution in [1.29, 1.82) is 0 Å². The molecule has 0 spiro atoms. The maximum Gasteiger partial charge on any atom is 0.0766 e. The van der Waals surface area contributed by atoms with Gasteiger partial charge in [-0.1, -0.05) is 51.6 Å². The summed E-state index contributed by atoms with van der Waals surface area (Å²) in [7, 11) is 2.07. The van der Waals surface area contributed by atoms with Crippen LogP contribution in [-0.4, -0.2) is 20.4 Å². The van der Waals surface area contributed by atoms with E-state index in [1.807, 2.05) is 0 Å². The Kier molecular flexibility index (Phi) is 6.19. The zero-order chi connectivity index (χ0) is 14.8. The van der Waals surface area contributed by atoms with Crippen LogP contribution in [-0.2, 0) is 19.9 Å². The van der Waals surface area contributed by atoms with Crippen LogP contribution in [0, 0.1) is 11.3 Å². The van der Waals surface area contributed by atoms with Gasteiger partial charge in [0.25, 0.3) is 0 Å². The molecule has 1 aliphatic rings. The fourth-order valence-corrected chi connectivity index (χ4v) is 6.37. The van der Waals surface area contributed by atoms with E-state index in [9.17, 15) is 0 Å². The summed E-state index contributed by atoms with van der Waals surface area (Å²) in [5.74, 6) is 0.813. The lowest BCUT2D eigenvalue weighted by Crippen LogP contribution is -2.36. The molecule has 20 heavy (non-hydrogen) atoms. The van der Waals surface area contributed by atoms with Gasteiger partial charge in [-0.3, -0.25) is 4.68 Å². The first-order valence-electron chi connectivity index (χ1n) is 7.40. The molecule has 1 aliphatic carbocycles. The number of halogens is 3. The first kappa shape index (κ1) is 17.0. The smallest absolute Gasteiger partial charge is 0.0766 e. The second-order valence-electron chi connectivity index (χ2n) is 5.97. The first-order chi connectivity index (χ1) is 9.57. The number of aromatic nitrogens is 2. The van der Waals surface area contributed by atoms with E-state index in [0.29, 0.717) is 5.41 Å². The third-order valence-corrected chi connectivity index (χ3v) is 7.92. The summed E-state index contributed by atoms with van der Waals surface area (Å²) in [5.41, 5.74) is 2.82. The highest BCUT2D eigenvalue weighted by Crippen LogP contribution is 2.45. The van der Waals surface area contributed by atoms with Crippen LogP contribution in [0.25, 0.3) is 0 Å². The minimum Gasteiger partial charge on any atom is -0.271 e. The van der Waals surface area contributed by atoms with E-state index in [4.69, 9.17) is 0 Å². The van der Waals surface area contributed by atoms with Gasteiger partial charge >= 0.3 is 0 Å². The summed E-state index contributed by atoms with van der Waals surface area (Å²) >= 11 is 11.4. The van der Waals surface area contributed by atoms with Crippen molar-refractivity contribution >= 4 is 47.8 Å². The van der Waals surface area contributed by atoms with E-state index in [0.717, 1.165) is 29.4 Å². The van der Waals surface area contributed by atoms with E-state index in [1.54, 1.807) is 0 Å². The van der Waals surface area contributed by atoms with Crippen LogP contribution in [0.5, 0.6) is 0 Å². The third-order valence-electron chi connectivity index (χ3n) is 4.78. The molecule has 114 valence electrons. The minimum atomic E-state index is 0.303. The van der Waals surface area contributed by atoms with Crippen molar-refractivity contribution in [3.8, 4) is 0 Å². The zero-order valence-electron chi connectivity index (χ0n) is 12.3. The van der Waals surface area contributed by atoms with Gasteiger partial charge in [0.15, 0.2) is 0 Å². The molecule has 2 nitrogen and oxygen atoms in total. The third kappa shape index (κ3) is 3.19. The molecular weight excluding hydrogens is 448 g/mol. The van der Waals surface area contributed by atoms with Gasteiger partial charge in [0, 0.05) is 17.7 Å². The van der Waals surface area contributed by atoms with Crippen molar-refractivity contribution in [3.05, 3.63) is 15.9 Å². The van der Waals surface area contributed by atoms with Gasteiger partial charge in [-0.2, -0.15) is 5.10 Å². The Hall–Kier alpha value is 0.650. The monoisotopic (exact) mass is 468 g/mol. The maximum atomic E-state index is 4.65. The summed E-state index contributed by atoms with van der Waals surface area (Å²) < 4.78 is 3.28. The predicted octanol–water partition coefficient (Wildman–Crippen LogP) is 5.25. The summed E-state index contributed by atoms with van der Waals surface area (Å²) in [6.45, 7) is 2.16. The molecule has 5 heteroatoms. The zero-order valence-corrected chi connectivity index (χ0v) is 17.0. The molecule has 0 atom stereocenters.